The molecule has 0 fully saturated rings. The lowest BCUT2D eigenvalue weighted by atomic mass is 10.2. The van der Waals surface area contributed by atoms with Crippen molar-refractivity contribution in [3.8, 4) is 6.07 Å². The predicted octanol–water partition coefficient (Wildman–Crippen LogP) is 2.40. The number of hydrogen-bond acceptors (Lipinski definition) is 7. The van der Waals surface area contributed by atoms with E-state index in [2.05, 4.69) is 14.9 Å². The van der Waals surface area contributed by atoms with Crippen LogP contribution in [0.25, 0.3) is 0 Å². The Morgan fingerprint density at radius 1 is 1.48 bits per heavy atom. The molecule has 2 aromatic rings. The number of anilines is 1. The van der Waals surface area contributed by atoms with E-state index in [-0.39, 0.29) is 15.8 Å². The molecule has 0 bridgehead atoms. The van der Waals surface area contributed by atoms with Crippen molar-refractivity contribution in [2.24, 2.45) is 0 Å². The van der Waals surface area contributed by atoms with E-state index in [0.29, 0.717) is 9.90 Å². The Bertz CT molecular complexity index is 798. The molecule has 0 atom stereocenters. The Hall–Kier alpha value is -1.70. The van der Waals surface area contributed by atoms with Crippen LogP contribution in [0.15, 0.2) is 27.4 Å². The quantitative estimate of drug-likeness (QED) is 0.837. The Morgan fingerprint density at radius 2 is 2.24 bits per heavy atom. The lowest BCUT2D eigenvalue weighted by Gasteiger charge is -2.07. The first-order chi connectivity index (χ1) is 9.92. The minimum absolute atomic E-state index is 0.0686. The Morgan fingerprint density at radius 3 is 2.95 bits per heavy atom. The summed E-state index contributed by atoms with van der Waals surface area (Å²) in [5.41, 5.74) is 0.424. The highest BCUT2D eigenvalue weighted by Crippen LogP contribution is 2.27. The summed E-state index contributed by atoms with van der Waals surface area (Å²) in [5, 5.41) is 16.0. The molecule has 0 saturated heterocycles. The molecular weight excluding hydrogens is 335 g/mol. The van der Waals surface area contributed by atoms with Crippen molar-refractivity contribution < 1.29 is 12.8 Å². The first-order valence-corrected chi connectivity index (χ1v) is 8.83. The van der Waals surface area contributed by atoms with Gasteiger partial charge in [-0.05, 0) is 24.6 Å². The van der Waals surface area contributed by atoms with E-state index in [1.807, 2.05) is 6.07 Å². The van der Waals surface area contributed by atoms with Gasteiger partial charge in [-0.3, -0.25) is 4.72 Å². The summed E-state index contributed by atoms with van der Waals surface area (Å²) in [6.07, 6.45) is 0. The van der Waals surface area contributed by atoms with Crippen LogP contribution in [0.3, 0.4) is 0 Å². The van der Waals surface area contributed by atoms with Crippen LogP contribution in [-0.2, 0) is 10.0 Å². The summed E-state index contributed by atoms with van der Waals surface area (Å²) in [6, 6.07) is 5.46. The zero-order valence-corrected chi connectivity index (χ0v) is 13.1. The van der Waals surface area contributed by atoms with Crippen LogP contribution in [0.2, 0.25) is 0 Å². The standard InChI is InChI=1S/C11H9FN4O2S3/c1-7-2-3-8(12)6-9(7)21(17,18)16-10-14-15-11(20-10)19-5-4-13/h2-3,6H,5H2,1H3,(H,14,16). The number of thioether (sulfide) groups is 1. The van der Waals surface area contributed by atoms with Crippen LogP contribution < -0.4 is 4.72 Å². The summed E-state index contributed by atoms with van der Waals surface area (Å²) < 4.78 is 40.3. The number of halogens is 1. The second-order valence-electron chi connectivity index (χ2n) is 3.84. The van der Waals surface area contributed by atoms with Crippen molar-refractivity contribution >= 4 is 38.3 Å². The van der Waals surface area contributed by atoms with E-state index in [0.717, 1.165) is 29.2 Å². The van der Waals surface area contributed by atoms with Gasteiger partial charge in [-0.25, -0.2) is 12.8 Å². The Kier molecular flexibility index (Phi) is 4.76. The van der Waals surface area contributed by atoms with E-state index in [1.165, 1.54) is 12.1 Å². The molecule has 1 aromatic carbocycles. The number of benzene rings is 1. The molecule has 10 heteroatoms. The number of nitriles is 1. The topological polar surface area (TPSA) is 95.7 Å². The second kappa shape index (κ2) is 6.38. The zero-order valence-electron chi connectivity index (χ0n) is 10.7. The third-order valence-corrected chi connectivity index (χ3v) is 5.78. The molecule has 0 aliphatic heterocycles. The molecule has 0 aliphatic rings. The molecular formula is C11H9FN4O2S3. The van der Waals surface area contributed by atoms with Crippen LogP contribution in [-0.4, -0.2) is 24.4 Å². The van der Waals surface area contributed by atoms with Gasteiger partial charge >= 0.3 is 0 Å². The van der Waals surface area contributed by atoms with Gasteiger partial charge in [0.15, 0.2) is 4.34 Å². The van der Waals surface area contributed by atoms with Crippen molar-refractivity contribution in [3.05, 3.63) is 29.6 Å². The molecule has 1 N–H and O–H groups in total. The molecule has 110 valence electrons. The molecule has 0 aliphatic carbocycles. The largest absolute Gasteiger partial charge is 0.264 e. The number of nitrogens with one attached hydrogen (secondary N) is 1. The molecule has 0 saturated carbocycles. The SMILES string of the molecule is Cc1ccc(F)cc1S(=O)(=O)Nc1nnc(SCC#N)s1. The fourth-order valence-corrected chi connectivity index (χ4v) is 4.34. The predicted molar refractivity (Wildman–Crippen MR) is 78.2 cm³/mol. The smallest absolute Gasteiger partial charge is 0.253 e. The number of aromatic nitrogens is 2. The Labute approximate surface area is 129 Å². The van der Waals surface area contributed by atoms with Gasteiger partial charge in [-0.1, -0.05) is 29.2 Å². The number of aryl methyl sites for hydroxylation is 1. The molecule has 1 aromatic heterocycles. The lowest BCUT2D eigenvalue weighted by molar-refractivity contribution is 0.594. The third kappa shape index (κ3) is 3.90. The molecule has 0 amide bonds. The van der Waals surface area contributed by atoms with Gasteiger partial charge in [0.2, 0.25) is 5.13 Å². The van der Waals surface area contributed by atoms with Crippen molar-refractivity contribution in [2.45, 2.75) is 16.2 Å². The number of hydrogen-bond donors (Lipinski definition) is 1. The van der Waals surface area contributed by atoms with Crippen molar-refractivity contribution in [1.29, 1.82) is 5.26 Å². The molecule has 0 spiro atoms. The minimum Gasteiger partial charge on any atom is -0.253 e. The summed E-state index contributed by atoms with van der Waals surface area (Å²) in [7, 11) is -3.93. The van der Waals surface area contributed by atoms with Gasteiger partial charge in [0, 0.05) is 0 Å². The van der Waals surface area contributed by atoms with Crippen LogP contribution in [0, 0.1) is 24.1 Å². The van der Waals surface area contributed by atoms with Gasteiger partial charge in [0.05, 0.1) is 16.7 Å². The maximum Gasteiger partial charge on any atom is 0.264 e. The highest BCUT2D eigenvalue weighted by Gasteiger charge is 2.20. The maximum atomic E-state index is 13.2. The lowest BCUT2D eigenvalue weighted by Crippen LogP contribution is -2.14. The van der Waals surface area contributed by atoms with Crippen molar-refractivity contribution in [3.63, 3.8) is 0 Å². The van der Waals surface area contributed by atoms with Gasteiger partial charge in [0.1, 0.15) is 5.82 Å². The van der Waals surface area contributed by atoms with E-state index in [1.54, 1.807) is 6.92 Å². The fourth-order valence-electron chi connectivity index (χ4n) is 1.44. The first-order valence-electron chi connectivity index (χ1n) is 5.54. The third-order valence-electron chi connectivity index (χ3n) is 2.33. The fraction of sp³-hybridized carbons (Fsp3) is 0.182. The van der Waals surface area contributed by atoms with Gasteiger partial charge in [-0.2, -0.15) is 5.26 Å². The molecule has 0 radical (unpaired) electrons. The van der Waals surface area contributed by atoms with E-state index >= 15 is 0 Å². The van der Waals surface area contributed by atoms with Crippen molar-refractivity contribution in [1.82, 2.24) is 10.2 Å². The molecule has 1 heterocycles. The van der Waals surface area contributed by atoms with Crippen LogP contribution in [0.5, 0.6) is 0 Å². The van der Waals surface area contributed by atoms with Crippen LogP contribution >= 0.6 is 23.1 Å². The summed E-state index contributed by atoms with van der Waals surface area (Å²) >= 11 is 2.17. The first kappa shape index (κ1) is 15.7. The van der Waals surface area contributed by atoms with Crippen LogP contribution in [0.4, 0.5) is 9.52 Å². The average Bonchev–Trinajstić information content (AvgIpc) is 2.86. The maximum absolute atomic E-state index is 13.2. The Balaban J connectivity index is 2.23. The number of rotatable bonds is 5. The van der Waals surface area contributed by atoms with Gasteiger partial charge < -0.3 is 0 Å². The molecule has 21 heavy (non-hydrogen) atoms. The van der Waals surface area contributed by atoms with Gasteiger partial charge in [-0.15, -0.1) is 10.2 Å². The molecule has 0 unspecified atom stereocenters. The van der Waals surface area contributed by atoms with Gasteiger partial charge in [0.25, 0.3) is 10.0 Å². The summed E-state index contributed by atoms with van der Waals surface area (Å²) in [5.74, 6) is -0.437. The normalized spacial score (nSPS) is 11.1. The highest BCUT2D eigenvalue weighted by atomic mass is 32.2. The van der Waals surface area contributed by atoms with Crippen molar-refractivity contribution in [2.75, 3.05) is 10.5 Å². The molecule has 6 nitrogen and oxygen atoms in total. The monoisotopic (exact) mass is 344 g/mol. The van der Waals surface area contributed by atoms with E-state index in [9.17, 15) is 12.8 Å². The van der Waals surface area contributed by atoms with E-state index in [4.69, 9.17) is 5.26 Å². The second-order valence-corrected chi connectivity index (χ2v) is 7.69. The summed E-state index contributed by atoms with van der Waals surface area (Å²) in [6.45, 7) is 1.57. The minimum atomic E-state index is -3.93. The van der Waals surface area contributed by atoms with E-state index < -0.39 is 15.8 Å². The zero-order chi connectivity index (χ0) is 15.5. The number of sulfonamides is 1. The molecule has 2 rings (SSSR count). The highest BCUT2D eigenvalue weighted by molar-refractivity contribution is 8.01. The van der Waals surface area contributed by atoms with Crippen LogP contribution in [0.1, 0.15) is 5.56 Å². The summed E-state index contributed by atoms with van der Waals surface area (Å²) in [4.78, 5) is -0.149. The average molecular weight is 344 g/mol. The number of nitrogens with zero attached hydrogens (tertiary/aromatic N) is 3.